The lowest BCUT2D eigenvalue weighted by Gasteiger charge is -2.15. The fourth-order valence-corrected chi connectivity index (χ4v) is 2.03. The molecule has 6 nitrogen and oxygen atoms in total. The van der Waals surface area contributed by atoms with Crippen molar-refractivity contribution < 1.29 is 24.2 Å². The maximum absolute atomic E-state index is 12.2. The van der Waals surface area contributed by atoms with E-state index in [1.165, 1.54) is 38.3 Å². The van der Waals surface area contributed by atoms with Crippen LogP contribution in [0.25, 0.3) is 0 Å². The Balaban J connectivity index is 2.03. The second-order valence-corrected chi connectivity index (χ2v) is 5.29. The number of carbonyl (C=O) groups is 2. The van der Waals surface area contributed by atoms with Crippen LogP contribution in [0.5, 0.6) is 11.5 Å². The maximum Gasteiger partial charge on any atom is 0.338 e. The number of hydrogen-bond acceptors (Lipinski definition) is 5. The van der Waals surface area contributed by atoms with Gasteiger partial charge in [0.15, 0.2) is 6.10 Å². The van der Waals surface area contributed by atoms with E-state index in [0.717, 1.165) is 5.56 Å². The molecule has 126 valence electrons. The fourth-order valence-electron chi connectivity index (χ4n) is 2.03. The van der Waals surface area contributed by atoms with Gasteiger partial charge in [-0.15, -0.1) is 0 Å². The van der Waals surface area contributed by atoms with Crippen LogP contribution in [0.4, 0.5) is 5.69 Å². The lowest BCUT2D eigenvalue weighted by molar-refractivity contribution is -0.123. The predicted molar refractivity (Wildman–Crippen MR) is 89.3 cm³/mol. The largest absolute Gasteiger partial charge is 0.508 e. The zero-order valence-electron chi connectivity index (χ0n) is 13.7. The molecule has 0 fully saturated rings. The molecule has 2 N–H and O–H groups in total. The summed E-state index contributed by atoms with van der Waals surface area (Å²) in [5.74, 6) is -0.546. The van der Waals surface area contributed by atoms with Gasteiger partial charge in [-0.1, -0.05) is 6.07 Å². The van der Waals surface area contributed by atoms with Crippen molar-refractivity contribution in [2.45, 2.75) is 20.0 Å². The van der Waals surface area contributed by atoms with Gasteiger partial charge in [0.25, 0.3) is 5.91 Å². The van der Waals surface area contributed by atoms with Crippen molar-refractivity contribution in [3.05, 3.63) is 53.6 Å². The molecule has 0 aliphatic carbocycles. The van der Waals surface area contributed by atoms with Crippen molar-refractivity contribution in [1.29, 1.82) is 0 Å². The Labute approximate surface area is 140 Å². The number of aryl methyl sites for hydroxylation is 1. The third kappa shape index (κ3) is 4.25. The van der Waals surface area contributed by atoms with E-state index in [-0.39, 0.29) is 11.3 Å². The Kier molecular flexibility index (Phi) is 5.42. The summed E-state index contributed by atoms with van der Waals surface area (Å²) in [7, 11) is 1.51. The van der Waals surface area contributed by atoms with Gasteiger partial charge in [0.05, 0.1) is 18.4 Å². The number of phenols is 1. The number of nitrogens with one attached hydrogen (secondary N) is 1. The van der Waals surface area contributed by atoms with E-state index < -0.39 is 18.0 Å². The molecule has 0 saturated carbocycles. The van der Waals surface area contributed by atoms with Gasteiger partial charge in [-0.3, -0.25) is 4.79 Å². The first-order chi connectivity index (χ1) is 11.4. The molecule has 0 saturated heterocycles. The number of rotatable bonds is 5. The molecule has 0 unspecified atom stereocenters. The van der Waals surface area contributed by atoms with E-state index >= 15 is 0 Å². The molecule has 2 rings (SSSR count). The van der Waals surface area contributed by atoms with Crippen LogP contribution in [0.3, 0.4) is 0 Å². The third-order valence-corrected chi connectivity index (χ3v) is 3.37. The molecule has 0 aromatic heterocycles. The molecule has 0 heterocycles. The smallest absolute Gasteiger partial charge is 0.338 e. The Bertz CT molecular complexity index is 740. The number of phenolic OH excluding ortho intramolecular Hbond substituents is 1. The Morgan fingerprint density at radius 1 is 1.12 bits per heavy atom. The van der Waals surface area contributed by atoms with Crippen LogP contribution in [0.1, 0.15) is 22.8 Å². The molecule has 1 amide bonds. The van der Waals surface area contributed by atoms with Crippen LogP contribution in [0.15, 0.2) is 42.5 Å². The molecule has 2 aromatic rings. The lowest BCUT2D eigenvalue weighted by atomic mass is 10.2. The van der Waals surface area contributed by atoms with Gasteiger partial charge in [-0.05, 0) is 55.8 Å². The van der Waals surface area contributed by atoms with E-state index in [9.17, 15) is 14.7 Å². The Hall–Kier alpha value is -3.02. The van der Waals surface area contributed by atoms with Crippen molar-refractivity contribution in [1.82, 2.24) is 0 Å². The minimum atomic E-state index is -0.989. The van der Waals surface area contributed by atoms with Gasteiger partial charge in [0.2, 0.25) is 0 Å². The first kappa shape index (κ1) is 17.3. The van der Waals surface area contributed by atoms with Crippen LogP contribution in [-0.4, -0.2) is 30.2 Å². The Morgan fingerprint density at radius 2 is 1.79 bits per heavy atom. The predicted octanol–water partition coefficient (Wildman–Crippen LogP) is 2.89. The van der Waals surface area contributed by atoms with Crippen molar-refractivity contribution in [2.24, 2.45) is 0 Å². The lowest BCUT2D eigenvalue weighted by Crippen LogP contribution is -2.30. The van der Waals surface area contributed by atoms with E-state index in [0.29, 0.717) is 11.4 Å². The molecule has 24 heavy (non-hydrogen) atoms. The number of amides is 1. The summed E-state index contributed by atoms with van der Waals surface area (Å²) < 4.78 is 10.3. The van der Waals surface area contributed by atoms with Crippen LogP contribution in [0.2, 0.25) is 0 Å². The molecule has 1 atom stereocenters. The van der Waals surface area contributed by atoms with Gasteiger partial charge < -0.3 is 19.9 Å². The SMILES string of the molecule is COc1ccc(C)cc1NC(=O)[C@@H](C)OC(=O)c1ccc(O)cc1. The second kappa shape index (κ2) is 7.50. The minimum absolute atomic E-state index is 0.0453. The highest BCUT2D eigenvalue weighted by Gasteiger charge is 2.20. The number of anilines is 1. The molecule has 0 spiro atoms. The summed E-state index contributed by atoms with van der Waals surface area (Å²) in [6.07, 6.45) is -0.989. The topological polar surface area (TPSA) is 84.9 Å². The standard InChI is InChI=1S/C18H19NO5/c1-11-4-9-16(23-3)15(10-11)19-17(21)12(2)24-18(22)13-5-7-14(20)8-6-13/h4-10,12,20H,1-3H3,(H,19,21)/t12-/m1/s1. The summed E-state index contributed by atoms with van der Waals surface area (Å²) in [6, 6.07) is 11.0. The number of ether oxygens (including phenoxy) is 2. The van der Waals surface area contributed by atoms with Crippen LogP contribution < -0.4 is 10.1 Å². The van der Waals surface area contributed by atoms with E-state index in [4.69, 9.17) is 9.47 Å². The summed E-state index contributed by atoms with van der Waals surface area (Å²) in [6.45, 7) is 3.37. The molecule has 0 bridgehead atoms. The highest BCUT2D eigenvalue weighted by Crippen LogP contribution is 2.25. The van der Waals surface area contributed by atoms with Gasteiger partial charge in [0.1, 0.15) is 11.5 Å². The quantitative estimate of drug-likeness (QED) is 0.824. The van der Waals surface area contributed by atoms with Crippen molar-refractivity contribution in [3.8, 4) is 11.5 Å². The van der Waals surface area contributed by atoms with Crippen molar-refractivity contribution in [3.63, 3.8) is 0 Å². The van der Waals surface area contributed by atoms with E-state index in [1.807, 2.05) is 13.0 Å². The van der Waals surface area contributed by atoms with Crippen molar-refractivity contribution in [2.75, 3.05) is 12.4 Å². The Morgan fingerprint density at radius 3 is 2.42 bits per heavy atom. The minimum Gasteiger partial charge on any atom is -0.508 e. The van der Waals surface area contributed by atoms with Gasteiger partial charge in [-0.2, -0.15) is 0 Å². The maximum atomic E-state index is 12.2. The van der Waals surface area contributed by atoms with Crippen LogP contribution >= 0.6 is 0 Å². The van der Waals surface area contributed by atoms with E-state index in [1.54, 1.807) is 12.1 Å². The number of hydrogen-bond donors (Lipinski definition) is 2. The summed E-state index contributed by atoms with van der Waals surface area (Å²) in [5.41, 5.74) is 1.72. The first-order valence-corrected chi connectivity index (χ1v) is 7.36. The first-order valence-electron chi connectivity index (χ1n) is 7.36. The highest BCUT2D eigenvalue weighted by atomic mass is 16.5. The second-order valence-electron chi connectivity index (χ2n) is 5.29. The summed E-state index contributed by atoms with van der Waals surface area (Å²) in [4.78, 5) is 24.2. The number of methoxy groups -OCH3 is 1. The summed E-state index contributed by atoms with van der Waals surface area (Å²) in [5, 5.41) is 11.9. The summed E-state index contributed by atoms with van der Waals surface area (Å²) >= 11 is 0. The molecule has 2 aromatic carbocycles. The number of benzene rings is 2. The van der Waals surface area contributed by atoms with Gasteiger partial charge in [-0.25, -0.2) is 4.79 Å². The zero-order chi connectivity index (χ0) is 17.7. The normalized spacial score (nSPS) is 11.5. The number of carbonyl (C=O) groups excluding carboxylic acids is 2. The number of esters is 1. The van der Waals surface area contributed by atoms with Gasteiger partial charge >= 0.3 is 5.97 Å². The molecular weight excluding hydrogens is 310 g/mol. The van der Waals surface area contributed by atoms with Gasteiger partial charge in [0, 0.05) is 0 Å². The third-order valence-electron chi connectivity index (χ3n) is 3.37. The molecule has 0 aliphatic rings. The van der Waals surface area contributed by atoms with Crippen LogP contribution in [-0.2, 0) is 9.53 Å². The zero-order valence-corrected chi connectivity index (χ0v) is 13.7. The van der Waals surface area contributed by atoms with E-state index in [2.05, 4.69) is 5.32 Å². The fraction of sp³-hybridized carbons (Fsp3) is 0.222. The highest BCUT2D eigenvalue weighted by molar-refractivity contribution is 5.98. The average Bonchev–Trinajstić information content (AvgIpc) is 2.55. The molecular formula is C18H19NO5. The average molecular weight is 329 g/mol. The van der Waals surface area contributed by atoms with Crippen molar-refractivity contribution >= 4 is 17.6 Å². The van der Waals surface area contributed by atoms with Crippen LogP contribution in [0, 0.1) is 6.92 Å². The number of aromatic hydroxyl groups is 1. The molecule has 0 aliphatic heterocycles. The molecule has 6 heteroatoms. The molecule has 0 radical (unpaired) electrons. The monoisotopic (exact) mass is 329 g/mol.